The lowest BCUT2D eigenvalue weighted by Gasteiger charge is -2.40. The summed E-state index contributed by atoms with van der Waals surface area (Å²) in [5, 5.41) is 9.50. The molecule has 4 aliphatic carbocycles. The first-order valence-corrected chi connectivity index (χ1v) is 8.39. The Morgan fingerprint density at radius 2 is 1.70 bits per heavy atom. The summed E-state index contributed by atoms with van der Waals surface area (Å²) in [4.78, 5) is 11.7. The molecule has 8 atom stereocenters. The molecule has 4 aliphatic rings. The molecule has 8 unspecified atom stereocenters. The number of fused-ring (bicyclic) bond motifs is 9. The maximum Gasteiger partial charge on any atom is 0.422 e. The zero-order valence-electron chi connectivity index (χ0n) is 12.8. The fourth-order valence-electron chi connectivity index (χ4n) is 6.35. The predicted molar refractivity (Wildman–Crippen MR) is 75.1 cm³/mol. The molecule has 0 heterocycles. The van der Waals surface area contributed by atoms with Crippen molar-refractivity contribution in [3.8, 4) is 0 Å². The zero-order valence-corrected chi connectivity index (χ0v) is 12.8. The van der Waals surface area contributed by atoms with Crippen molar-refractivity contribution in [3.63, 3.8) is 0 Å². The van der Waals surface area contributed by atoms with Gasteiger partial charge in [0.25, 0.3) is 0 Å². The van der Waals surface area contributed by atoms with Gasteiger partial charge in [-0.15, -0.1) is 0 Å². The molecule has 0 aromatic rings. The summed E-state index contributed by atoms with van der Waals surface area (Å²) in [6, 6.07) is 0. The first kappa shape index (κ1) is 15.5. The van der Waals surface area contributed by atoms with Gasteiger partial charge in [-0.2, -0.15) is 13.2 Å². The molecular formula is C17H21F3O3. The van der Waals surface area contributed by atoms with Crippen molar-refractivity contribution in [2.45, 2.75) is 38.0 Å². The van der Waals surface area contributed by atoms with Gasteiger partial charge in [0.15, 0.2) is 0 Å². The number of aliphatic hydroxyl groups is 1. The van der Waals surface area contributed by atoms with Crippen LogP contribution >= 0.6 is 0 Å². The van der Waals surface area contributed by atoms with Crippen LogP contribution in [0, 0.1) is 41.4 Å². The highest BCUT2D eigenvalue weighted by molar-refractivity contribution is 5.89. The van der Waals surface area contributed by atoms with Crippen molar-refractivity contribution in [1.29, 1.82) is 0 Å². The highest BCUT2D eigenvalue weighted by atomic mass is 19.4. The molecule has 6 heteroatoms. The van der Waals surface area contributed by atoms with E-state index in [2.05, 4.69) is 6.58 Å². The maximum atomic E-state index is 12.6. The van der Waals surface area contributed by atoms with Gasteiger partial charge in [-0.1, -0.05) is 6.58 Å². The fourth-order valence-corrected chi connectivity index (χ4v) is 6.35. The van der Waals surface area contributed by atoms with Crippen molar-refractivity contribution in [2.75, 3.05) is 6.61 Å². The van der Waals surface area contributed by atoms with Gasteiger partial charge in [-0.3, -0.25) is 0 Å². The van der Waals surface area contributed by atoms with E-state index in [0.717, 1.165) is 19.3 Å². The summed E-state index contributed by atoms with van der Waals surface area (Å²) in [5.41, 5.74) is -1.41. The minimum Gasteiger partial charge on any atom is -0.458 e. The lowest BCUT2D eigenvalue weighted by Crippen LogP contribution is -2.40. The quantitative estimate of drug-likeness (QED) is 0.492. The highest BCUT2D eigenvalue weighted by Gasteiger charge is 2.65. The SMILES string of the molecule is C=C(C(=O)OC1CC2CC1C1C3CC(CO)C(C3)C21)C(F)(F)F. The Labute approximate surface area is 132 Å². The Morgan fingerprint density at radius 3 is 2.35 bits per heavy atom. The molecule has 1 N–H and O–H groups in total. The molecule has 3 nitrogen and oxygen atoms in total. The van der Waals surface area contributed by atoms with Gasteiger partial charge in [0, 0.05) is 6.61 Å². The van der Waals surface area contributed by atoms with Crippen LogP contribution in [0.5, 0.6) is 0 Å². The molecular weight excluding hydrogens is 309 g/mol. The highest BCUT2D eigenvalue weighted by Crippen LogP contribution is 2.69. The van der Waals surface area contributed by atoms with Crippen LogP contribution in [-0.2, 0) is 9.53 Å². The number of aliphatic hydroxyl groups excluding tert-OH is 1. The van der Waals surface area contributed by atoms with Crippen LogP contribution in [0.15, 0.2) is 12.2 Å². The van der Waals surface area contributed by atoms with Crippen LogP contribution in [0.4, 0.5) is 13.2 Å². The number of carbonyl (C=O) groups is 1. The van der Waals surface area contributed by atoms with Gasteiger partial charge in [0.1, 0.15) is 11.7 Å². The minimum absolute atomic E-state index is 0.199. The second-order valence-electron chi connectivity index (χ2n) is 7.81. The van der Waals surface area contributed by atoms with Crippen molar-refractivity contribution >= 4 is 5.97 Å². The third kappa shape index (κ3) is 2.17. The van der Waals surface area contributed by atoms with E-state index >= 15 is 0 Å². The summed E-state index contributed by atoms with van der Waals surface area (Å²) < 4.78 is 42.9. The summed E-state index contributed by atoms with van der Waals surface area (Å²) in [6.07, 6.45) is -1.34. The number of hydrogen-bond acceptors (Lipinski definition) is 3. The Bertz CT molecular complexity index is 544. The smallest absolute Gasteiger partial charge is 0.422 e. The molecule has 4 fully saturated rings. The van der Waals surface area contributed by atoms with Gasteiger partial charge in [0.2, 0.25) is 0 Å². The second-order valence-corrected chi connectivity index (χ2v) is 7.81. The van der Waals surface area contributed by atoms with Crippen molar-refractivity contribution in [2.24, 2.45) is 41.4 Å². The fraction of sp³-hybridized carbons (Fsp3) is 0.824. The van der Waals surface area contributed by atoms with Crippen LogP contribution in [0.1, 0.15) is 25.7 Å². The van der Waals surface area contributed by atoms with Gasteiger partial charge >= 0.3 is 12.1 Å². The number of carbonyl (C=O) groups excluding carboxylic acids is 1. The van der Waals surface area contributed by atoms with E-state index in [9.17, 15) is 23.1 Å². The molecule has 128 valence electrons. The lowest BCUT2D eigenvalue weighted by molar-refractivity contribution is -0.160. The summed E-state index contributed by atoms with van der Waals surface area (Å²) in [5.74, 6) is 1.87. The van der Waals surface area contributed by atoms with Crippen LogP contribution in [0.2, 0.25) is 0 Å². The second kappa shape index (κ2) is 4.98. The van der Waals surface area contributed by atoms with Crippen LogP contribution < -0.4 is 0 Å². The monoisotopic (exact) mass is 330 g/mol. The van der Waals surface area contributed by atoms with Gasteiger partial charge in [0.05, 0.1) is 0 Å². The molecule has 0 aromatic heterocycles. The predicted octanol–water partition coefficient (Wildman–Crippen LogP) is 2.94. The topological polar surface area (TPSA) is 46.5 Å². The largest absolute Gasteiger partial charge is 0.458 e. The Morgan fingerprint density at radius 1 is 1.09 bits per heavy atom. The standard InChI is InChI=1S/C17H21F3O3/c1-7(17(18,19)20)16(22)23-13-5-9-4-12(13)15-8-2-10(6-21)11(3-8)14(9)15/h8-15,21H,1-6H2. The van der Waals surface area contributed by atoms with Crippen molar-refractivity contribution in [3.05, 3.63) is 12.2 Å². The summed E-state index contributed by atoms with van der Waals surface area (Å²) in [7, 11) is 0. The molecule has 4 rings (SSSR count). The molecule has 0 aliphatic heterocycles. The number of esters is 1. The van der Waals surface area contributed by atoms with Crippen LogP contribution in [-0.4, -0.2) is 30.0 Å². The van der Waals surface area contributed by atoms with Gasteiger partial charge < -0.3 is 9.84 Å². The average Bonchev–Trinajstić information content (AvgIpc) is 3.21. The average molecular weight is 330 g/mol. The molecule has 0 radical (unpaired) electrons. The van der Waals surface area contributed by atoms with E-state index in [4.69, 9.17) is 4.74 Å². The van der Waals surface area contributed by atoms with Crippen molar-refractivity contribution in [1.82, 2.24) is 0 Å². The van der Waals surface area contributed by atoms with E-state index in [1.54, 1.807) is 0 Å². The normalized spacial score (nSPS) is 47.0. The van der Waals surface area contributed by atoms with Crippen molar-refractivity contribution < 1.29 is 27.8 Å². The molecule has 4 saturated carbocycles. The summed E-state index contributed by atoms with van der Waals surface area (Å²) >= 11 is 0. The molecule has 0 aromatic carbocycles. The number of halogens is 3. The van der Waals surface area contributed by atoms with E-state index in [1.807, 2.05) is 0 Å². The zero-order chi connectivity index (χ0) is 16.5. The molecule has 0 amide bonds. The molecule has 23 heavy (non-hydrogen) atoms. The maximum absolute atomic E-state index is 12.6. The number of ether oxygens (including phenoxy) is 1. The molecule has 0 spiro atoms. The van der Waals surface area contributed by atoms with E-state index < -0.39 is 17.7 Å². The number of hydrogen-bond donors (Lipinski definition) is 1. The van der Waals surface area contributed by atoms with E-state index in [-0.39, 0.29) is 18.6 Å². The Hall–Kier alpha value is -1.04. The Kier molecular flexibility index (Phi) is 3.35. The van der Waals surface area contributed by atoms with E-state index in [0.29, 0.717) is 41.9 Å². The Balaban J connectivity index is 1.45. The third-order valence-electron chi connectivity index (χ3n) is 6.98. The van der Waals surface area contributed by atoms with Crippen LogP contribution in [0.25, 0.3) is 0 Å². The molecule has 0 saturated heterocycles. The number of alkyl halides is 3. The van der Waals surface area contributed by atoms with Gasteiger partial charge in [-0.25, -0.2) is 4.79 Å². The molecule has 4 bridgehead atoms. The van der Waals surface area contributed by atoms with E-state index in [1.165, 1.54) is 0 Å². The minimum atomic E-state index is -4.72. The number of rotatable bonds is 3. The van der Waals surface area contributed by atoms with Gasteiger partial charge in [-0.05, 0) is 67.1 Å². The summed E-state index contributed by atoms with van der Waals surface area (Å²) in [6.45, 7) is 3.07. The van der Waals surface area contributed by atoms with Crippen LogP contribution in [0.3, 0.4) is 0 Å². The lowest BCUT2D eigenvalue weighted by atomic mass is 9.67. The first-order chi connectivity index (χ1) is 10.8. The third-order valence-corrected chi connectivity index (χ3v) is 6.98. The first-order valence-electron chi connectivity index (χ1n) is 8.39.